The number of benzene rings is 1. The molecule has 1 unspecified atom stereocenters. The number of amides is 2. The standard InChI is InChI=1S/C17H18ClN5O2/c18-12-1-3-13(4-2-12)22-16(24)14-15(21-7-6-20-14)17(25)23-8-5-11(9-19)10-23/h1-4,6-7,11H,5,8-10,19H2,(H,22,24). The number of hydrogen-bond acceptors (Lipinski definition) is 5. The normalized spacial score (nSPS) is 16.7. The summed E-state index contributed by atoms with van der Waals surface area (Å²) in [5.74, 6) is -0.509. The monoisotopic (exact) mass is 359 g/mol. The van der Waals surface area contributed by atoms with E-state index in [9.17, 15) is 9.59 Å². The number of nitrogens with zero attached hydrogens (tertiary/aromatic N) is 3. The van der Waals surface area contributed by atoms with Crippen molar-refractivity contribution in [3.05, 3.63) is 53.1 Å². The van der Waals surface area contributed by atoms with Gasteiger partial charge >= 0.3 is 0 Å². The van der Waals surface area contributed by atoms with Gasteiger partial charge in [0.1, 0.15) is 0 Å². The lowest BCUT2D eigenvalue weighted by atomic mass is 10.1. The summed E-state index contributed by atoms with van der Waals surface area (Å²) < 4.78 is 0. The highest BCUT2D eigenvalue weighted by atomic mass is 35.5. The highest BCUT2D eigenvalue weighted by molar-refractivity contribution is 6.30. The molecule has 0 radical (unpaired) electrons. The number of halogens is 1. The Balaban J connectivity index is 1.79. The van der Waals surface area contributed by atoms with Crippen LogP contribution in [0.3, 0.4) is 0 Å². The summed E-state index contributed by atoms with van der Waals surface area (Å²) in [7, 11) is 0. The van der Waals surface area contributed by atoms with Crippen molar-refractivity contribution in [2.45, 2.75) is 6.42 Å². The topological polar surface area (TPSA) is 101 Å². The lowest BCUT2D eigenvalue weighted by Gasteiger charge is -2.17. The number of nitrogens with one attached hydrogen (secondary N) is 1. The van der Waals surface area contributed by atoms with Crippen LogP contribution in [-0.2, 0) is 0 Å². The second-order valence-corrected chi connectivity index (χ2v) is 6.29. The molecule has 1 aromatic heterocycles. The molecule has 8 heteroatoms. The van der Waals surface area contributed by atoms with Crippen LogP contribution in [0.1, 0.15) is 27.4 Å². The summed E-state index contributed by atoms with van der Waals surface area (Å²) in [5.41, 5.74) is 6.27. The minimum Gasteiger partial charge on any atom is -0.337 e. The van der Waals surface area contributed by atoms with Crippen LogP contribution < -0.4 is 11.1 Å². The maximum atomic E-state index is 12.7. The maximum absolute atomic E-state index is 12.7. The van der Waals surface area contributed by atoms with Crippen LogP contribution in [0.25, 0.3) is 0 Å². The van der Waals surface area contributed by atoms with Crippen LogP contribution >= 0.6 is 11.6 Å². The van der Waals surface area contributed by atoms with E-state index in [1.807, 2.05) is 0 Å². The number of carbonyl (C=O) groups excluding carboxylic acids is 2. The van der Waals surface area contributed by atoms with E-state index >= 15 is 0 Å². The first-order valence-electron chi connectivity index (χ1n) is 7.95. The zero-order chi connectivity index (χ0) is 17.8. The summed E-state index contributed by atoms with van der Waals surface area (Å²) in [4.78, 5) is 35.0. The Morgan fingerprint density at radius 2 is 1.88 bits per heavy atom. The second-order valence-electron chi connectivity index (χ2n) is 5.86. The average Bonchev–Trinajstić information content (AvgIpc) is 3.12. The summed E-state index contributed by atoms with van der Waals surface area (Å²) >= 11 is 5.83. The van der Waals surface area contributed by atoms with Crippen molar-refractivity contribution in [2.24, 2.45) is 11.7 Å². The van der Waals surface area contributed by atoms with Gasteiger partial charge in [-0.2, -0.15) is 0 Å². The average molecular weight is 360 g/mol. The van der Waals surface area contributed by atoms with Gasteiger partial charge in [-0.15, -0.1) is 0 Å². The summed E-state index contributed by atoms with van der Waals surface area (Å²) in [6, 6.07) is 6.67. The number of anilines is 1. The minimum absolute atomic E-state index is 0.00125. The first-order valence-corrected chi connectivity index (χ1v) is 8.33. The van der Waals surface area contributed by atoms with Crippen molar-refractivity contribution in [2.75, 3.05) is 25.0 Å². The van der Waals surface area contributed by atoms with E-state index in [0.717, 1.165) is 6.42 Å². The molecule has 1 saturated heterocycles. The molecule has 7 nitrogen and oxygen atoms in total. The third kappa shape index (κ3) is 3.94. The van der Waals surface area contributed by atoms with Gasteiger partial charge in [-0.05, 0) is 43.1 Å². The van der Waals surface area contributed by atoms with Crippen molar-refractivity contribution >= 4 is 29.1 Å². The fourth-order valence-corrected chi connectivity index (χ4v) is 2.87. The van der Waals surface area contributed by atoms with E-state index in [0.29, 0.717) is 30.3 Å². The zero-order valence-electron chi connectivity index (χ0n) is 13.5. The summed E-state index contributed by atoms with van der Waals surface area (Å²) in [6.45, 7) is 1.72. The molecule has 0 spiro atoms. The predicted octanol–water partition coefficient (Wildman–Crippen LogP) is 1.80. The summed E-state index contributed by atoms with van der Waals surface area (Å²) in [5, 5.41) is 3.27. The number of likely N-dealkylation sites (tertiary alicyclic amines) is 1. The van der Waals surface area contributed by atoms with Crippen molar-refractivity contribution in [1.29, 1.82) is 0 Å². The molecule has 0 aliphatic carbocycles. The third-order valence-corrected chi connectivity index (χ3v) is 4.38. The van der Waals surface area contributed by atoms with Crippen molar-refractivity contribution < 1.29 is 9.59 Å². The van der Waals surface area contributed by atoms with E-state index in [1.54, 1.807) is 29.2 Å². The molecular formula is C17H18ClN5O2. The Morgan fingerprint density at radius 1 is 1.20 bits per heavy atom. The lowest BCUT2D eigenvalue weighted by molar-refractivity contribution is 0.0775. The van der Waals surface area contributed by atoms with E-state index in [-0.39, 0.29) is 23.2 Å². The quantitative estimate of drug-likeness (QED) is 0.866. The van der Waals surface area contributed by atoms with E-state index in [2.05, 4.69) is 15.3 Å². The predicted molar refractivity (Wildman–Crippen MR) is 94.5 cm³/mol. The fraction of sp³-hybridized carbons (Fsp3) is 0.294. The van der Waals surface area contributed by atoms with Crippen molar-refractivity contribution in [1.82, 2.24) is 14.9 Å². The molecule has 2 aromatic rings. The maximum Gasteiger partial charge on any atom is 0.276 e. The van der Waals surface area contributed by atoms with Crippen LogP contribution in [0.5, 0.6) is 0 Å². The van der Waals surface area contributed by atoms with Gasteiger partial charge in [0.2, 0.25) is 0 Å². The van der Waals surface area contributed by atoms with Gasteiger partial charge in [0.15, 0.2) is 11.4 Å². The van der Waals surface area contributed by atoms with Crippen LogP contribution in [0, 0.1) is 5.92 Å². The first kappa shape index (κ1) is 17.3. The third-order valence-electron chi connectivity index (χ3n) is 4.12. The Morgan fingerprint density at radius 3 is 2.52 bits per heavy atom. The molecular weight excluding hydrogens is 342 g/mol. The van der Waals surface area contributed by atoms with Gasteiger partial charge in [-0.25, -0.2) is 9.97 Å². The molecule has 0 bridgehead atoms. The van der Waals surface area contributed by atoms with E-state index < -0.39 is 5.91 Å². The highest BCUT2D eigenvalue weighted by Crippen LogP contribution is 2.19. The van der Waals surface area contributed by atoms with Gasteiger partial charge in [-0.3, -0.25) is 9.59 Å². The molecule has 2 heterocycles. The van der Waals surface area contributed by atoms with Crippen LogP contribution in [0.4, 0.5) is 5.69 Å². The number of hydrogen-bond donors (Lipinski definition) is 2. The largest absolute Gasteiger partial charge is 0.337 e. The lowest BCUT2D eigenvalue weighted by Crippen LogP contribution is -2.32. The van der Waals surface area contributed by atoms with Crippen LogP contribution in [-0.4, -0.2) is 46.3 Å². The highest BCUT2D eigenvalue weighted by Gasteiger charge is 2.30. The van der Waals surface area contributed by atoms with Gasteiger partial charge in [-0.1, -0.05) is 11.6 Å². The molecule has 130 valence electrons. The molecule has 0 saturated carbocycles. The second kappa shape index (κ2) is 7.58. The van der Waals surface area contributed by atoms with Gasteiger partial charge in [0.25, 0.3) is 11.8 Å². The van der Waals surface area contributed by atoms with E-state index in [1.165, 1.54) is 12.4 Å². The van der Waals surface area contributed by atoms with Gasteiger partial charge < -0.3 is 16.0 Å². The number of aromatic nitrogens is 2. The zero-order valence-corrected chi connectivity index (χ0v) is 14.2. The fourth-order valence-electron chi connectivity index (χ4n) is 2.74. The molecule has 1 aliphatic heterocycles. The Kier molecular flexibility index (Phi) is 5.25. The van der Waals surface area contributed by atoms with Gasteiger partial charge in [0.05, 0.1) is 0 Å². The minimum atomic E-state index is -0.492. The molecule has 1 aromatic carbocycles. The Labute approximate surface area is 150 Å². The number of rotatable bonds is 4. The summed E-state index contributed by atoms with van der Waals surface area (Å²) in [6.07, 6.45) is 3.65. The molecule has 25 heavy (non-hydrogen) atoms. The smallest absolute Gasteiger partial charge is 0.276 e. The molecule has 1 aliphatic rings. The number of carbonyl (C=O) groups is 2. The molecule has 1 fully saturated rings. The molecule has 1 atom stereocenters. The molecule has 2 amide bonds. The van der Waals surface area contributed by atoms with Crippen molar-refractivity contribution in [3.8, 4) is 0 Å². The van der Waals surface area contributed by atoms with E-state index in [4.69, 9.17) is 17.3 Å². The van der Waals surface area contributed by atoms with Crippen LogP contribution in [0.15, 0.2) is 36.7 Å². The Bertz CT molecular complexity index is 781. The van der Waals surface area contributed by atoms with Gasteiger partial charge in [0, 0.05) is 36.2 Å². The number of nitrogens with two attached hydrogens (primary N) is 1. The van der Waals surface area contributed by atoms with Crippen LogP contribution in [0.2, 0.25) is 5.02 Å². The molecule has 3 rings (SSSR count). The molecule has 3 N–H and O–H groups in total. The van der Waals surface area contributed by atoms with Crippen molar-refractivity contribution in [3.63, 3.8) is 0 Å². The SMILES string of the molecule is NCC1CCN(C(=O)c2nccnc2C(=O)Nc2ccc(Cl)cc2)C1. The Hall–Kier alpha value is -2.51. The first-order chi connectivity index (χ1) is 12.1.